The topological polar surface area (TPSA) is 177 Å². The second-order valence-corrected chi connectivity index (χ2v) is 16.4. The van der Waals surface area contributed by atoms with Crippen LogP contribution in [0.4, 0.5) is 0 Å². The Bertz CT molecular complexity index is 2740. The Kier molecular flexibility index (Phi) is 15.5. The fourth-order valence-electron chi connectivity index (χ4n) is 7.24. The van der Waals surface area contributed by atoms with Gasteiger partial charge in [0.25, 0.3) is 0 Å². The number of nitrogens with one attached hydrogen (secondary N) is 1. The molecule has 0 saturated heterocycles. The van der Waals surface area contributed by atoms with Gasteiger partial charge in [-0.1, -0.05) is 59.6 Å². The van der Waals surface area contributed by atoms with Crippen molar-refractivity contribution in [2.45, 2.75) is 72.5 Å². The number of aliphatic hydroxyl groups excluding tert-OH is 2. The van der Waals surface area contributed by atoms with Crippen LogP contribution in [0.3, 0.4) is 0 Å². The summed E-state index contributed by atoms with van der Waals surface area (Å²) in [6, 6.07) is 21.5. The number of pyridine rings is 2. The molecule has 0 amide bonds. The summed E-state index contributed by atoms with van der Waals surface area (Å²) < 4.78 is 25.1. The monoisotopic (exact) mass is 917 g/mol. The smallest absolute Gasteiger partial charge is 0.323 e. The summed E-state index contributed by atoms with van der Waals surface area (Å²) in [5, 5.41) is 33.4. The average molecular weight is 919 g/mol. The number of carbonyl (C=O) groups is 1. The Hall–Kier alpha value is -6.35. The molecular formula is C50H49Cl2N5O8. The van der Waals surface area contributed by atoms with E-state index in [4.69, 9.17) is 42.1 Å². The molecule has 0 unspecified atom stereocenters. The minimum atomic E-state index is -1.21. The molecule has 0 saturated carbocycles. The molecule has 1 aliphatic rings. The van der Waals surface area contributed by atoms with Crippen LogP contribution in [0.2, 0.25) is 10.0 Å². The number of halogens is 2. The number of carboxylic acids is 1. The maximum Gasteiger partial charge on any atom is 0.323 e. The molecule has 3 heterocycles. The van der Waals surface area contributed by atoms with Crippen molar-refractivity contribution in [3.63, 3.8) is 0 Å². The van der Waals surface area contributed by atoms with Gasteiger partial charge in [-0.25, -0.2) is 0 Å². The molecule has 0 spiro atoms. The largest absolute Gasteiger partial charge is 0.488 e. The molecule has 65 heavy (non-hydrogen) atoms. The quantitative estimate of drug-likeness (QED) is 0.0509. The third-order valence-corrected chi connectivity index (χ3v) is 11.5. The van der Waals surface area contributed by atoms with E-state index in [1.165, 1.54) is 6.92 Å². The number of hydrogen-bond acceptors (Lipinski definition) is 12. The molecule has 1 aliphatic heterocycles. The lowest BCUT2D eigenvalue weighted by Crippen LogP contribution is -2.44. The second kappa shape index (κ2) is 21.6. The molecule has 0 aliphatic carbocycles. The normalized spacial score (nSPS) is 13.0. The molecule has 15 heteroatoms. The van der Waals surface area contributed by atoms with Crippen LogP contribution in [0.5, 0.6) is 23.0 Å². The van der Waals surface area contributed by atoms with Gasteiger partial charge in [0.1, 0.15) is 55.5 Å². The maximum absolute atomic E-state index is 11.8. The van der Waals surface area contributed by atoms with Crippen LogP contribution < -0.4 is 24.3 Å². The van der Waals surface area contributed by atoms with Gasteiger partial charge < -0.3 is 34.3 Å². The first-order valence-corrected chi connectivity index (χ1v) is 21.6. The lowest BCUT2D eigenvalue weighted by atomic mass is 9.92. The summed E-state index contributed by atoms with van der Waals surface area (Å²) in [7, 11) is 1.70. The molecule has 2 aromatic heterocycles. The number of ether oxygens (including phenoxy) is 4. The Morgan fingerprint density at radius 1 is 0.754 bits per heavy atom. The van der Waals surface area contributed by atoms with Gasteiger partial charge in [0.05, 0.1) is 35.0 Å². The van der Waals surface area contributed by atoms with E-state index in [0.717, 1.165) is 61.3 Å². The van der Waals surface area contributed by atoms with Crippen molar-refractivity contribution in [3.05, 3.63) is 163 Å². The van der Waals surface area contributed by atoms with Crippen molar-refractivity contribution in [2.75, 3.05) is 13.6 Å². The van der Waals surface area contributed by atoms with Crippen LogP contribution in [-0.4, -0.2) is 68.9 Å². The third kappa shape index (κ3) is 11.9. The van der Waals surface area contributed by atoms with E-state index in [9.17, 15) is 20.1 Å². The van der Waals surface area contributed by atoms with Crippen molar-refractivity contribution in [1.82, 2.24) is 15.3 Å². The van der Waals surface area contributed by atoms with E-state index >= 15 is 0 Å². The number of aliphatic carboxylic acids is 1. The molecule has 7 rings (SSSR count). The first-order chi connectivity index (χ1) is 31.4. The molecular weight excluding hydrogens is 869 g/mol. The molecule has 0 fully saturated rings. The number of carboxylic acid groups (broad SMARTS) is 1. The molecule has 13 nitrogen and oxygen atoms in total. The van der Waals surface area contributed by atoms with E-state index in [0.29, 0.717) is 50.7 Å². The number of aliphatic hydroxyl groups is 2. The Morgan fingerprint density at radius 2 is 1.29 bits per heavy atom. The zero-order chi connectivity index (χ0) is 46.0. The second-order valence-electron chi connectivity index (χ2n) is 15.6. The molecule has 336 valence electrons. The van der Waals surface area contributed by atoms with Crippen molar-refractivity contribution < 1.29 is 39.1 Å². The van der Waals surface area contributed by atoms with Crippen molar-refractivity contribution in [3.8, 4) is 34.1 Å². The number of benzene rings is 4. The van der Waals surface area contributed by atoms with Crippen LogP contribution in [0.15, 0.2) is 108 Å². The summed E-state index contributed by atoms with van der Waals surface area (Å²) in [6.45, 7) is 6.81. The standard InChI is InChI=1S/C50H49Cl2N5O8/c1-29-35(27-64-47-15-45(62-26-34-12-37(21-55-20-34)44-23-56-44)38(13-42(47)51)22-57-49(31(3)59)50(60)61)7-5-9-40(29)41-10-6-8-36(30(41)2)28-65-48-16-46(39(24-58)14-43(48)52)63-25-33-11-32(17-53-4)18-54-19-33/h5-21,31,49,57-59H,22-28H2,1-4H3,(H,60,61)/t31-,49+/m1/s1. The number of nitrogens with zero attached hydrogens (tertiary/aromatic N) is 4. The predicted molar refractivity (Wildman–Crippen MR) is 251 cm³/mol. The summed E-state index contributed by atoms with van der Waals surface area (Å²) in [5.74, 6) is 0.487. The van der Waals surface area contributed by atoms with E-state index in [-0.39, 0.29) is 39.6 Å². The van der Waals surface area contributed by atoms with Gasteiger partial charge in [0.15, 0.2) is 0 Å². The zero-order valence-electron chi connectivity index (χ0n) is 36.3. The summed E-state index contributed by atoms with van der Waals surface area (Å²) >= 11 is 13.5. The molecule has 4 N–H and O–H groups in total. The van der Waals surface area contributed by atoms with Gasteiger partial charge >= 0.3 is 5.97 Å². The van der Waals surface area contributed by atoms with Crippen LogP contribution in [-0.2, 0) is 44.4 Å². The zero-order valence-corrected chi connectivity index (χ0v) is 37.9. The highest BCUT2D eigenvalue weighted by atomic mass is 35.5. The number of aromatic nitrogens is 2. The maximum atomic E-state index is 11.8. The average Bonchev–Trinajstić information content (AvgIpc) is 4.15. The minimum absolute atomic E-state index is 0.0544. The van der Waals surface area contributed by atoms with Gasteiger partial charge in [0.2, 0.25) is 0 Å². The van der Waals surface area contributed by atoms with Crippen LogP contribution in [0.1, 0.15) is 62.6 Å². The first-order valence-electron chi connectivity index (χ1n) is 20.8. The van der Waals surface area contributed by atoms with E-state index in [1.807, 2.05) is 43.3 Å². The van der Waals surface area contributed by atoms with Crippen molar-refractivity contribution in [2.24, 2.45) is 9.98 Å². The van der Waals surface area contributed by atoms with Crippen LogP contribution >= 0.6 is 23.2 Å². The first kappa shape index (κ1) is 46.6. The number of rotatable bonds is 21. The fourth-order valence-corrected chi connectivity index (χ4v) is 7.72. The highest BCUT2D eigenvalue weighted by Gasteiger charge is 2.24. The van der Waals surface area contributed by atoms with Gasteiger partial charge in [0, 0.05) is 90.1 Å². The molecule has 6 aromatic rings. The SMILES string of the molecule is CN=Cc1cncc(COc2cc(OCc3cccc(-c4cccc(COc5cc(OCc6cncc(C7=NC7)c6)c(CN[C@H](C(=O)O)[C@@H](C)O)cc5Cl)c4C)c3C)c(Cl)cc2CO)c1. The van der Waals surface area contributed by atoms with Crippen LogP contribution in [0, 0.1) is 13.8 Å². The minimum Gasteiger partial charge on any atom is -0.488 e. The van der Waals surface area contributed by atoms with E-state index in [2.05, 4.69) is 44.3 Å². The van der Waals surface area contributed by atoms with Gasteiger partial charge in [-0.2, -0.15) is 0 Å². The highest BCUT2D eigenvalue weighted by molar-refractivity contribution is 6.32. The Labute approximate surface area is 387 Å². The fraction of sp³-hybridized carbons (Fsp3) is 0.260. The van der Waals surface area contributed by atoms with Gasteiger partial charge in [-0.05, 0) is 78.4 Å². The molecule has 2 atom stereocenters. The molecule has 0 radical (unpaired) electrons. The van der Waals surface area contributed by atoms with Crippen molar-refractivity contribution in [1.29, 1.82) is 0 Å². The lowest BCUT2D eigenvalue weighted by molar-refractivity contribution is -0.142. The number of aliphatic imine (C=N–C) groups is 2. The van der Waals surface area contributed by atoms with Gasteiger partial charge in [-0.15, -0.1) is 0 Å². The Balaban J connectivity index is 1.07. The lowest BCUT2D eigenvalue weighted by Gasteiger charge is -2.20. The highest BCUT2D eigenvalue weighted by Crippen LogP contribution is 2.37. The number of hydrogen-bond donors (Lipinski definition) is 4. The van der Waals surface area contributed by atoms with Crippen LogP contribution in [0.25, 0.3) is 11.1 Å². The van der Waals surface area contributed by atoms with Gasteiger partial charge in [-0.3, -0.25) is 30.1 Å². The summed E-state index contributed by atoms with van der Waals surface area (Å²) in [5.41, 5.74) is 11.5. The van der Waals surface area contributed by atoms with E-state index < -0.39 is 18.1 Å². The third-order valence-electron chi connectivity index (χ3n) is 10.9. The Morgan fingerprint density at radius 3 is 1.83 bits per heavy atom. The van der Waals surface area contributed by atoms with E-state index in [1.54, 1.807) is 62.3 Å². The molecule has 4 aromatic carbocycles. The summed E-state index contributed by atoms with van der Waals surface area (Å²) in [6.07, 6.45) is 7.49. The van der Waals surface area contributed by atoms with Crippen molar-refractivity contribution >= 4 is 41.1 Å². The molecule has 0 bridgehead atoms. The predicted octanol–water partition coefficient (Wildman–Crippen LogP) is 8.65. The summed E-state index contributed by atoms with van der Waals surface area (Å²) in [4.78, 5) is 28.7.